The summed E-state index contributed by atoms with van der Waals surface area (Å²) in [7, 11) is -5.60. The molecule has 2 fully saturated rings. The largest absolute Gasteiger partial charge is 0.470 e. The molecule has 24 heteroatoms. The Morgan fingerprint density at radius 1 is 0.366 bits per heavy atom. The summed E-state index contributed by atoms with van der Waals surface area (Å²) in [6.45, 7) is 11.4. The number of hydrogen-bond donors (Lipinski definition) is 8. The zero-order valence-electron chi connectivity index (χ0n) is 78.9. The molecule has 14 atom stereocenters. The van der Waals surface area contributed by atoms with Crippen LogP contribution >= 0.6 is 7.82 Å². The van der Waals surface area contributed by atoms with Gasteiger partial charge in [-0.1, -0.05) is 401 Å². The summed E-state index contributed by atoms with van der Waals surface area (Å²) in [5, 5.41) is 60.6. The Balaban J connectivity index is 2.72. The molecule has 2 aliphatic rings. The third kappa shape index (κ3) is 62.7. The molecule has 0 spiro atoms. The summed E-state index contributed by atoms with van der Waals surface area (Å²) in [4.78, 5) is 107. The third-order valence-corrected chi connectivity index (χ3v) is 25.5. The molecule has 0 radical (unpaired) electrons. The zero-order chi connectivity index (χ0) is 90.0. The molecule has 1 amide bonds. The molecule has 23 nitrogen and oxygen atoms in total. The Kier molecular flexibility index (Phi) is 74.1. The first-order chi connectivity index (χ1) is 59.6. The lowest BCUT2D eigenvalue weighted by molar-refractivity contribution is -0.308. The second-order valence-electron chi connectivity index (χ2n) is 36.7. The van der Waals surface area contributed by atoms with E-state index in [0.29, 0.717) is 51.4 Å². The highest BCUT2D eigenvalue weighted by atomic mass is 31.2. The van der Waals surface area contributed by atoms with E-state index in [-0.39, 0.29) is 32.1 Å². The first-order valence-electron chi connectivity index (χ1n) is 51.2. The van der Waals surface area contributed by atoms with E-state index in [0.717, 1.165) is 186 Å². The molecule has 0 aliphatic carbocycles. The molecular weight excluding hydrogens is 1590 g/mol. The van der Waals surface area contributed by atoms with Gasteiger partial charge in [-0.05, 0) is 51.4 Å². The number of nitrogens with one attached hydrogen (secondary N) is 1. The maximum Gasteiger partial charge on any atom is 0.470 e. The summed E-state index contributed by atoms with van der Waals surface area (Å²) in [6, 6.07) is -1.63. The van der Waals surface area contributed by atoms with Gasteiger partial charge in [0.1, 0.15) is 54.6 Å². The maximum atomic E-state index is 15.3. The summed E-state index contributed by atoms with van der Waals surface area (Å²) in [5.74, 6) is -5.77. The molecule has 123 heavy (non-hydrogen) atoms. The minimum absolute atomic E-state index is 0.122. The van der Waals surface area contributed by atoms with E-state index < -0.39 is 168 Å². The number of hydrogen-bond acceptors (Lipinski definition) is 20. The smallest absolute Gasteiger partial charge is 0.462 e. The van der Waals surface area contributed by atoms with Gasteiger partial charge < -0.3 is 73.8 Å². The van der Waals surface area contributed by atoms with Crippen molar-refractivity contribution in [2.75, 3.05) is 13.2 Å². The average Bonchev–Trinajstić information content (AvgIpc) is 0.785. The molecule has 2 saturated heterocycles. The molecule has 0 aromatic carbocycles. The number of aliphatic hydroxyl groups excluding tert-OH is 5. The van der Waals surface area contributed by atoms with Crippen LogP contribution in [0.15, 0.2) is 0 Å². The predicted octanol–water partition coefficient (Wildman–Crippen LogP) is 23.1. The van der Waals surface area contributed by atoms with Gasteiger partial charge in [0.15, 0.2) is 18.7 Å². The lowest BCUT2D eigenvalue weighted by Gasteiger charge is -2.46. The van der Waals surface area contributed by atoms with E-state index in [2.05, 4.69) is 46.9 Å². The van der Waals surface area contributed by atoms with Gasteiger partial charge in [0.05, 0.1) is 50.6 Å². The van der Waals surface area contributed by atoms with Crippen molar-refractivity contribution in [3.63, 3.8) is 0 Å². The summed E-state index contributed by atoms with van der Waals surface area (Å²) < 4.78 is 62.3. The van der Waals surface area contributed by atoms with Gasteiger partial charge in [-0.15, -0.1) is 0 Å². The van der Waals surface area contributed by atoms with Crippen LogP contribution in [0.1, 0.15) is 497 Å². The fraction of sp³-hybridized carbons (Fsp3) is 0.939. The fourth-order valence-electron chi connectivity index (χ4n) is 17.4. The van der Waals surface area contributed by atoms with Crippen LogP contribution in [0.5, 0.6) is 0 Å². The van der Waals surface area contributed by atoms with Crippen molar-refractivity contribution < 1.29 is 106 Å². The molecule has 2 rings (SSSR count). The number of Topliss-reactive ketones (excluding diaryl/α,β-unsaturated/α-hetero) is 1. The van der Waals surface area contributed by atoms with Crippen LogP contribution in [-0.4, -0.2) is 164 Å². The van der Waals surface area contributed by atoms with Crippen molar-refractivity contribution in [1.29, 1.82) is 0 Å². The number of phosphoric acid groups is 1. The number of aliphatic hydroxyl groups is 5. The summed E-state index contributed by atoms with van der Waals surface area (Å²) >= 11 is 0. The molecule has 0 aromatic heterocycles. The van der Waals surface area contributed by atoms with Crippen molar-refractivity contribution in [3.05, 3.63) is 0 Å². The van der Waals surface area contributed by atoms with Gasteiger partial charge in [-0.3, -0.25) is 33.3 Å². The van der Waals surface area contributed by atoms with Gasteiger partial charge >= 0.3 is 31.7 Å². The number of carbonyl (C=O) groups is 6. The standard InChI is InChI=1S/C99H186NO22P/c1-7-13-19-25-31-37-39-40-42-48-54-60-66-72-90(107)117-84(70-64-58-52-46-36-30-24-18-12-6)77-92(109)120-95-85(74-82(104)73-83(69-63-57-51-45-35-29-23-17-11-5)116-89(106)71-65-59-53-47-41-38-32-26-20-14-8-2)99(119-86(78-101)96(95)122-123(112,113)114)115-79-87-94(110)97(121-91(108)76-81(103)68-62-56-50-44-34-28-22-16-10-4)93(98(111)118-87)100-88(105)75-80(102)67-61-55-49-43-33-27-21-15-9-3/h80-81,83-87,93-99,101-103,110-111H,7-79H2,1-6H3,(H,100,105)(H2,112,113,114)/t80-,81-,83-,84-,85?,86?,87?,93+,94-,95-,96-,97-,98?,99-/m1/s1. The van der Waals surface area contributed by atoms with E-state index >= 15 is 9.59 Å². The minimum atomic E-state index is -5.60. The number of amides is 1. The second kappa shape index (κ2) is 78.6. The van der Waals surface area contributed by atoms with E-state index in [1.54, 1.807) is 0 Å². The van der Waals surface area contributed by atoms with Gasteiger partial charge in [0, 0.05) is 25.7 Å². The number of phosphoric ester groups is 1. The summed E-state index contributed by atoms with van der Waals surface area (Å²) in [6.07, 6.45) is 43.9. The van der Waals surface area contributed by atoms with Crippen LogP contribution in [0.3, 0.4) is 0 Å². The number of unbranched alkanes of at least 4 members (excludes halogenated alkanes) is 54. The summed E-state index contributed by atoms with van der Waals surface area (Å²) in [5.41, 5.74) is 0. The fourth-order valence-corrected chi connectivity index (χ4v) is 18.0. The van der Waals surface area contributed by atoms with Crippen molar-refractivity contribution >= 4 is 43.4 Å². The maximum absolute atomic E-state index is 15.3. The number of carbonyl (C=O) groups excluding carboxylic acids is 6. The van der Waals surface area contributed by atoms with E-state index in [4.69, 9.17) is 37.7 Å². The first-order valence-corrected chi connectivity index (χ1v) is 52.7. The van der Waals surface area contributed by atoms with Crippen LogP contribution in [0.2, 0.25) is 0 Å². The molecule has 724 valence electrons. The van der Waals surface area contributed by atoms with Crippen molar-refractivity contribution in [1.82, 2.24) is 5.32 Å². The normalized spacial score (nSPS) is 20.3. The van der Waals surface area contributed by atoms with Crippen LogP contribution in [0, 0.1) is 5.92 Å². The highest BCUT2D eigenvalue weighted by Crippen LogP contribution is 2.45. The highest BCUT2D eigenvalue weighted by molar-refractivity contribution is 7.46. The Hall–Kier alpha value is -3.19. The molecular formula is C99H186NO22P. The third-order valence-electron chi connectivity index (χ3n) is 24.9. The number of rotatable bonds is 87. The van der Waals surface area contributed by atoms with Crippen LogP contribution in [0.4, 0.5) is 0 Å². The second-order valence-corrected chi connectivity index (χ2v) is 37.9. The van der Waals surface area contributed by atoms with Crippen molar-refractivity contribution in [3.8, 4) is 0 Å². The quantitative estimate of drug-likeness (QED) is 0.0121. The van der Waals surface area contributed by atoms with Crippen LogP contribution in [0.25, 0.3) is 0 Å². The monoisotopic (exact) mass is 1770 g/mol. The van der Waals surface area contributed by atoms with Gasteiger partial charge in [-0.25, -0.2) is 4.57 Å². The Labute approximate surface area is 747 Å². The van der Waals surface area contributed by atoms with Gasteiger partial charge in [0.25, 0.3) is 0 Å². The average molecular weight is 1770 g/mol. The number of ketones is 1. The van der Waals surface area contributed by atoms with E-state index in [1.807, 2.05) is 0 Å². The minimum Gasteiger partial charge on any atom is -0.462 e. The molecule has 0 aromatic rings. The lowest BCUT2D eigenvalue weighted by Crippen LogP contribution is -2.66. The lowest BCUT2D eigenvalue weighted by atomic mass is 9.85. The predicted molar refractivity (Wildman–Crippen MR) is 489 cm³/mol. The van der Waals surface area contributed by atoms with E-state index in [9.17, 15) is 59.1 Å². The SMILES string of the molecule is CCCCCCCCCCCCCCCC(=O)O[C@H](CCCCCCCCCCC)CC(=O)O[C@@H]1C(CC(=O)C[C@@H](CCCCCCCCCCC)OC(=O)CCCCCCCCCCCCC)[C@H](OCC2OC(O)[C@@H](NC(=O)C[C@H](O)CCCCCCCCCCC)[C@@H](OC(=O)C[C@H](O)CCCCCCCCCCC)[C@@H]2O)OC(CO)[C@H]1OP(=O)(O)O. The molecule has 2 heterocycles. The van der Waals surface area contributed by atoms with Gasteiger partial charge in [-0.2, -0.15) is 0 Å². The van der Waals surface area contributed by atoms with Gasteiger partial charge in [0.2, 0.25) is 5.91 Å². The Morgan fingerprint density at radius 3 is 1.04 bits per heavy atom. The van der Waals surface area contributed by atoms with Crippen molar-refractivity contribution in [2.45, 2.75) is 577 Å². The first kappa shape index (κ1) is 116. The van der Waals surface area contributed by atoms with E-state index in [1.165, 1.54) is 161 Å². The van der Waals surface area contributed by atoms with Crippen molar-refractivity contribution in [2.24, 2.45) is 5.92 Å². The molecule has 4 unspecified atom stereocenters. The molecule has 0 bridgehead atoms. The zero-order valence-corrected chi connectivity index (χ0v) is 79.8. The number of esters is 4. The highest BCUT2D eigenvalue weighted by Gasteiger charge is 2.54. The number of ether oxygens (including phenoxy) is 7. The van der Waals surface area contributed by atoms with Crippen LogP contribution < -0.4 is 5.32 Å². The Bertz CT molecular complexity index is 2580. The molecule has 8 N–H and O–H groups in total. The topological polar surface area (TPSA) is 347 Å². The molecule has 0 saturated carbocycles. The molecule has 2 aliphatic heterocycles. The Morgan fingerprint density at radius 2 is 0.683 bits per heavy atom. The van der Waals surface area contributed by atoms with Crippen LogP contribution in [-0.2, 0) is 71.0 Å².